The van der Waals surface area contributed by atoms with E-state index in [1.54, 1.807) is 10.6 Å². The smallest absolute Gasteiger partial charge is 0.332 e. The molecular weight excluding hydrogens is 586 g/mol. The van der Waals surface area contributed by atoms with Crippen molar-refractivity contribution in [2.24, 2.45) is 0 Å². The first-order valence-electron chi connectivity index (χ1n) is 13.2. The maximum absolute atomic E-state index is 13.9. The van der Waals surface area contributed by atoms with Crippen LogP contribution in [0, 0.1) is 6.92 Å². The van der Waals surface area contributed by atoms with E-state index in [9.17, 15) is 9.59 Å². The monoisotopic (exact) mass is 615 g/mol. The lowest BCUT2D eigenvalue weighted by molar-refractivity contribution is -0.163. The number of aromatic nitrogens is 5. The number of pyridine rings is 1. The van der Waals surface area contributed by atoms with Crippen molar-refractivity contribution < 1.29 is 9.47 Å². The predicted molar refractivity (Wildman–Crippen MR) is 154 cm³/mol. The highest BCUT2D eigenvalue weighted by atomic mass is 79.9. The van der Waals surface area contributed by atoms with Crippen LogP contribution in [0.3, 0.4) is 0 Å². The fraction of sp³-hybridized carbons (Fsp3) is 0.429. The van der Waals surface area contributed by atoms with Crippen LogP contribution in [0.5, 0.6) is 0 Å². The third kappa shape index (κ3) is 5.89. The zero-order valence-electron chi connectivity index (χ0n) is 22.0. The van der Waals surface area contributed by atoms with Gasteiger partial charge in [0.25, 0.3) is 5.56 Å². The molecule has 0 aliphatic carbocycles. The van der Waals surface area contributed by atoms with Gasteiger partial charge in [0.05, 0.1) is 6.61 Å². The molecule has 4 aromatic rings. The third-order valence-electron chi connectivity index (χ3n) is 6.95. The number of rotatable bonds is 9. The van der Waals surface area contributed by atoms with E-state index in [1.807, 2.05) is 48.7 Å². The summed E-state index contributed by atoms with van der Waals surface area (Å²) in [5, 5.41) is 0.375. The number of ether oxygens (including phenoxy) is 2. The molecular formula is C28H31BrClN5O4. The standard InChI is InChI=1S/C28H31BrClN5O4/c1-3-33-26-24(27(36)34(28(33)37)14-6-16-39-23-7-4-5-15-38-23)35(17-19-8-10-20(29)11-9-19)25(32-26)21-12-13-22(30)31-18(21)2/h8-13,23H,3-7,14-17H2,1-2H3. The number of aryl methyl sites for hydroxylation is 2. The van der Waals surface area contributed by atoms with Gasteiger partial charge in [-0.05, 0) is 69.4 Å². The van der Waals surface area contributed by atoms with Crippen LogP contribution >= 0.6 is 27.5 Å². The molecule has 9 nitrogen and oxygen atoms in total. The molecule has 0 spiro atoms. The quantitative estimate of drug-likeness (QED) is 0.191. The van der Waals surface area contributed by atoms with Crippen LogP contribution in [0.15, 0.2) is 50.5 Å². The first kappa shape index (κ1) is 27.8. The van der Waals surface area contributed by atoms with Crippen molar-refractivity contribution in [2.45, 2.75) is 65.5 Å². The van der Waals surface area contributed by atoms with Crippen molar-refractivity contribution in [1.82, 2.24) is 23.7 Å². The molecule has 1 saturated heterocycles. The van der Waals surface area contributed by atoms with Crippen LogP contribution in [-0.2, 0) is 29.1 Å². The summed E-state index contributed by atoms with van der Waals surface area (Å²) in [4.78, 5) is 36.7. The minimum atomic E-state index is -0.380. The molecule has 0 bridgehead atoms. The third-order valence-corrected chi connectivity index (χ3v) is 7.68. The molecule has 5 rings (SSSR count). The molecule has 3 aromatic heterocycles. The Kier molecular flexibility index (Phi) is 8.66. The Balaban J connectivity index is 1.60. The molecule has 4 heterocycles. The van der Waals surface area contributed by atoms with Gasteiger partial charge in [0.2, 0.25) is 0 Å². The number of benzene rings is 1. The van der Waals surface area contributed by atoms with Crippen molar-refractivity contribution in [2.75, 3.05) is 13.2 Å². The topological polar surface area (TPSA) is 93.2 Å². The molecule has 1 atom stereocenters. The molecule has 0 radical (unpaired) electrons. The Hall–Kier alpha value is -2.79. The minimum Gasteiger partial charge on any atom is -0.353 e. The number of fused-ring (bicyclic) bond motifs is 1. The second kappa shape index (κ2) is 12.2. The van der Waals surface area contributed by atoms with Gasteiger partial charge in [-0.1, -0.05) is 39.7 Å². The minimum absolute atomic E-state index is 0.212. The summed E-state index contributed by atoms with van der Waals surface area (Å²) in [6, 6.07) is 11.5. The van der Waals surface area contributed by atoms with E-state index >= 15 is 0 Å². The van der Waals surface area contributed by atoms with Crippen LogP contribution in [0.4, 0.5) is 0 Å². The van der Waals surface area contributed by atoms with Crippen molar-refractivity contribution in [3.8, 4) is 11.4 Å². The highest BCUT2D eigenvalue weighted by molar-refractivity contribution is 9.10. The summed E-state index contributed by atoms with van der Waals surface area (Å²) in [5.74, 6) is 0.559. The lowest BCUT2D eigenvalue weighted by Gasteiger charge is -2.22. The summed E-state index contributed by atoms with van der Waals surface area (Å²) in [6.45, 7) is 5.83. The Morgan fingerprint density at radius 1 is 1.08 bits per heavy atom. The van der Waals surface area contributed by atoms with Gasteiger partial charge in [-0.3, -0.25) is 13.9 Å². The molecule has 1 fully saturated rings. The van der Waals surface area contributed by atoms with Crippen LogP contribution in [-0.4, -0.2) is 43.2 Å². The van der Waals surface area contributed by atoms with E-state index in [0.29, 0.717) is 60.6 Å². The average Bonchev–Trinajstić information content (AvgIpc) is 3.29. The van der Waals surface area contributed by atoms with Crippen LogP contribution in [0.1, 0.15) is 43.9 Å². The van der Waals surface area contributed by atoms with Crippen molar-refractivity contribution in [3.05, 3.63) is 78.1 Å². The zero-order valence-corrected chi connectivity index (χ0v) is 24.4. The Morgan fingerprint density at radius 3 is 2.56 bits per heavy atom. The zero-order chi connectivity index (χ0) is 27.5. The van der Waals surface area contributed by atoms with E-state index < -0.39 is 0 Å². The van der Waals surface area contributed by atoms with Gasteiger partial charge in [0, 0.05) is 42.0 Å². The number of nitrogens with zero attached hydrogens (tertiary/aromatic N) is 5. The summed E-state index contributed by atoms with van der Waals surface area (Å²) in [6.07, 6.45) is 3.29. The number of imidazole rings is 1. The fourth-order valence-electron chi connectivity index (χ4n) is 4.95. The van der Waals surface area contributed by atoms with Gasteiger partial charge < -0.3 is 14.0 Å². The Labute approximate surface area is 239 Å². The van der Waals surface area contributed by atoms with E-state index in [-0.39, 0.29) is 24.1 Å². The molecule has 0 amide bonds. The first-order valence-corrected chi connectivity index (χ1v) is 14.4. The Morgan fingerprint density at radius 2 is 1.87 bits per heavy atom. The molecule has 1 aliphatic rings. The average molecular weight is 617 g/mol. The summed E-state index contributed by atoms with van der Waals surface area (Å²) in [7, 11) is 0. The number of halogens is 2. The molecule has 39 heavy (non-hydrogen) atoms. The maximum Gasteiger partial charge on any atom is 0.332 e. The van der Waals surface area contributed by atoms with Crippen molar-refractivity contribution in [3.63, 3.8) is 0 Å². The van der Waals surface area contributed by atoms with Gasteiger partial charge in [-0.2, -0.15) is 0 Å². The van der Waals surface area contributed by atoms with Crippen molar-refractivity contribution in [1.29, 1.82) is 0 Å². The predicted octanol–water partition coefficient (Wildman–Crippen LogP) is 5.15. The van der Waals surface area contributed by atoms with E-state index in [1.165, 1.54) is 4.57 Å². The molecule has 206 valence electrons. The first-order chi connectivity index (χ1) is 18.9. The van der Waals surface area contributed by atoms with Crippen LogP contribution in [0.2, 0.25) is 5.15 Å². The highest BCUT2D eigenvalue weighted by Crippen LogP contribution is 2.27. The highest BCUT2D eigenvalue weighted by Gasteiger charge is 2.23. The van der Waals surface area contributed by atoms with Gasteiger partial charge >= 0.3 is 5.69 Å². The maximum atomic E-state index is 13.9. The van der Waals surface area contributed by atoms with Gasteiger partial charge in [-0.25, -0.2) is 14.8 Å². The lowest BCUT2D eigenvalue weighted by atomic mass is 10.1. The van der Waals surface area contributed by atoms with E-state index in [0.717, 1.165) is 34.9 Å². The molecule has 1 unspecified atom stereocenters. The van der Waals surface area contributed by atoms with Crippen LogP contribution < -0.4 is 11.2 Å². The lowest BCUT2D eigenvalue weighted by Crippen LogP contribution is -2.40. The Bertz CT molecular complexity index is 1590. The van der Waals surface area contributed by atoms with Gasteiger partial charge in [-0.15, -0.1) is 0 Å². The largest absolute Gasteiger partial charge is 0.353 e. The van der Waals surface area contributed by atoms with E-state index in [4.69, 9.17) is 26.1 Å². The summed E-state index contributed by atoms with van der Waals surface area (Å²) < 4.78 is 17.2. The van der Waals surface area contributed by atoms with Gasteiger partial charge in [0.15, 0.2) is 17.5 Å². The SMILES string of the molecule is CCn1c(=O)n(CCCOC2CCCCO2)c(=O)c2c1nc(-c1ccc(Cl)nc1C)n2Cc1ccc(Br)cc1. The number of hydrogen-bond acceptors (Lipinski definition) is 6. The molecule has 11 heteroatoms. The van der Waals surface area contributed by atoms with Crippen LogP contribution in [0.25, 0.3) is 22.6 Å². The van der Waals surface area contributed by atoms with E-state index in [2.05, 4.69) is 20.9 Å². The molecule has 0 saturated carbocycles. The fourth-order valence-corrected chi connectivity index (χ4v) is 5.41. The second-order valence-corrected chi connectivity index (χ2v) is 10.9. The normalized spacial score (nSPS) is 15.7. The van der Waals surface area contributed by atoms with Crippen molar-refractivity contribution >= 4 is 38.7 Å². The molecule has 0 N–H and O–H groups in total. The number of hydrogen-bond donors (Lipinski definition) is 0. The summed E-state index contributed by atoms with van der Waals surface area (Å²) >= 11 is 9.62. The molecule has 1 aromatic carbocycles. The second-order valence-electron chi connectivity index (χ2n) is 9.59. The summed E-state index contributed by atoms with van der Waals surface area (Å²) in [5.41, 5.74) is 2.40. The van der Waals surface area contributed by atoms with Gasteiger partial charge in [0.1, 0.15) is 11.0 Å². The molecule has 1 aliphatic heterocycles.